The first-order valence-corrected chi connectivity index (χ1v) is 7.96. The van der Waals surface area contributed by atoms with Crippen LogP contribution in [-0.2, 0) is 0 Å². The van der Waals surface area contributed by atoms with Gasteiger partial charge in [0.2, 0.25) is 0 Å². The molecule has 0 bridgehead atoms. The summed E-state index contributed by atoms with van der Waals surface area (Å²) < 4.78 is 2.95. The molecule has 0 atom stereocenters. The molecule has 0 aromatic heterocycles. The summed E-state index contributed by atoms with van der Waals surface area (Å²) in [5, 5.41) is 0. The van der Waals surface area contributed by atoms with Crippen molar-refractivity contribution >= 4 is 19.4 Å². The van der Waals surface area contributed by atoms with E-state index < -0.39 is 0 Å². The van der Waals surface area contributed by atoms with Crippen LogP contribution < -0.4 is 4.46 Å². The van der Waals surface area contributed by atoms with Crippen molar-refractivity contribution in [1.82, 2.24) is 0 Å². The predicted octanol–water partition coefficient (Wildman–Crippen LogP) is 3.50. The quantitative estimate of drug-likeness (QED) is 0.740. The first-order chi connectivity index (χ1) is 7.84. The van der Waals surface area contributed by atoms with Crippen molar-refractivity contribution in [3.63, 3.8) is 0 Å². The van der Waals surface area contributed by atoms with Gasteiger partial charge in [0.15, 0.2) is 0 Å². The fourth-order valence-electron chi connectivity index (χ4n) is 2.41. The molecule has 1 aromatic carbocycles. The van der Waals surface area contributed by atoms with Crippen LogP contribution in [0.5, 0.6) is 0 Å². The molecule has 1 saturated carbocycles. The Bertz CT molecular complexity index is 323. The Hall–Kier alpha value is -0.521. The zero-order chi connectivity index (χ0) is 11.2. The number of hydrogen-bond acceptors (Lipinski definition) is 0. The van der Waals surface area contributed by atoms with E-state index in [1.807, 2.05) is 0 Å². The van der Waals surface area contributed by atoms with Crippen molar-refractivity contribution in [3.05, 3.63) is 41.4 Å². The first kappa shape index (κ1) is 12.0. The van der Waals surface area contributed by atoms with Crippen LogP contribution in [0.1, 0.15) is 38.5 Å². The molecule has 86 valence electrons. The first-order valence-electron chi connectivity index (χ1n) is 6.25. The summed E-state index contributed by atoms with van der Waals surface area (Å²) >= 11 is 0.485. The molecule has 1 aliphatic carbocycles. The van der Waals surface area contributed by atoms with E-state index in [1.165, 1.54) is 47.5 Å². The zero-order valence-corrected chi connectivity index (χ0v) is 11.5. The molecule has 2 rings (SSSR count). The molecule has 1 heteroatoms. The molecule has 1 aliphatic rings. The summed E-state index contributed by atoms with van der Waals surface area (Å²) in [5.41, 5.74) is 0. The van der Waals surface area contributed by atoms with Crippen LogP contribution in [0.25, 0.3) is 0 Å². The molecule has 0 spiro atoms. The van der Waals surface area contributed by atoms with Gasteiger partial charge in [-0.1, -0.05) is 0 Å². The van der Waals surface area contributed by atoms with Gasteiger partial charge < -0.3 is 0 Å². The van der Waals surface area contributed by atoms with Crippen LogP contribution in [0.3, 0.4) is 0 Å². The van der Waals surface area contributed by atoms with E-state index in [0.717, 1.165) is 5.92 Å². The molecular formula is C15H20Se. The van der Waals surface area contributed by atoms with E-state index in [1.54, 1.807) is 0 Å². The number of benzene rings is 1. The summed E-state index contributed by atoms with van der Waals surface area (Å²) in [6.45, 7) is 4.27. The third-order valence-corrected chi connectivity index (χ3v) is 5.27. The predicted molar refractivity (Wildman–Crippen MR) is 72.2 cm³/mol. The van der Waals surface area contributed by atoms with Gasteiger partial charge in [-0.15, -0.1) is 0 Å². The molecule has 0 amide bonds. The van der Waals surface area contributed by atoms with Gasteiger partial charge in [-0.05, 0) is 0 Å². The Labute approximate surface area is 105 Å². The van der Waals surface area contributed by atoms with E-state index in [4.69, 9.17) is 0 Å². The van der Waals surface area contributed by atoms with Gasteiger partial charge in [-0.25, -0.2) is 0 Å². The van der Waals surface area contributed by atoms with Gasteiger partial charge in [0.05, 0.1) is 0 Å². The van der Waals surface area contributed by atoms with Gasteiger partial charge in [0, 0.05) is 0 Å². The summed E-state index contributed by atoms with van der Waals surface area (Å²) in [7, 11) is 0. The van der Waals surface area contributed by atoms with Gasteiger partial charge in [0.25, 0.3) is 0 Å². The van der Waals surface area contributed by atoms with Crippen LogP contribution in [-0.4, -0.2) is 15.0 Å². The maximum atomic E-state index is 4.27. The van der Waals surface area contributed by atoms with E-state index >= 15 is 0 Å². The Morgan fingerprint density at radius 2 is 1.81 bits per heavy atom. The average molecular weight is 279 g/mol. The van der Waals surface area contributed by atoms with Crippen molar-refractivity contribution < 1.29 is 0 Å². The van der Waals surface area contributed by atoms with Crippen molar-refractivity contribution in [2.75, 3.05) is 0 Å². The minimum absolute atomic E-state index is 0.485. The Morgan fingerprint density at radius 1 is 1.12 bits per heavy atom. The molecule has 0 N–H and O–H groups in total. The van der Waals surface area contributed by atoms with Crippen LogP contribution in [0.4, 0.5) is 0 Å². The Balaban J connectivity index is 1.80. The van der Waals surface area contributed by atoms with E-state index in [2.05, 4.69) is 36.9 Å². The monoisotopic (exact) mass is 280 g/mol. The van der Waals surface area contributed by atoms with Crippen molar-refractivity contribution in [2.24, 2.45) is 5.92 Å². The number of allylic oxidation sites excluding steroid dienone is 1. The molecule has 1 fully saturated rings. The molecular weight excluding hydrogens is 259 g/mol. The Morgan fingerprint density at radius 3 is 2.50 bits per heavy atom. The molecule has 0 nitrogen and oxygen atoms in total. The second-order valence-electron chi connectivity index (χ2n) is 4.66. The van der Waals surface area contributed by atoms with Crippen LogP contribution in [0, 0.1) is 5.92 Å². The van der Waals surface area contributed by atoms with Gasteiger partial charge in [0.1, 0.15) is 0 Å². The zero-order valence-electron chi connectivity index (χ0n) is 9.82. The van der Waals surface area contributed by atoms with E-state index in [0.29, 0.717) is 15.0 Å². The van der Waals surface area contributed by atoms with Crippen LogP contribution >= 0.6 is 0 Å². The third-order valence-electron chi connectivity index (χ3n) is 3.25. The summed E-state index contributed by atoms with van der Waals surface area (Å²) in [6, 6.07) is 10.8. The molecule has 0 radical (unpaired) electrons. The van der Waals surface area contributed by atoms with Gasteiger partial charge >= 0.3 is 105 Å². The van der Waals surface area contributed by atoms with Gasteiger partial charge in [-0.3, -0.25) is 0 Å². The maximum absolute atomic E-state index is 4.27. The molecule has 0 unspecified atom stereocenters. The summed E-state index contributed by atoms with van der Waals surface area (Å²) in [5.74, 6) is 0.937. The fraction of sp³-hybridized carbons (Fsp3) is 0.467. The standard InChI is InChI=1S/C15H20Se/c1-13(12-14-8-4-2-5-9-14)16-15-10-6-3-7-11-15/h3,6-7,10-11,14H,1-2,4-5,8-9,12H2. The van der Waals surface area contributed by atoms with Gasteiger partial charge in [-0.2, -0.15) is 0 Å². The normalized spacial score (nSPS) is 17.2. The number of rotatable bonds is 4. The topological polar surface area (TPSA) is 0 Å². The SMILES string of the molecule is C=C(CC1CCCCC1)[Se]c1ccccc1. The van der Waals surface area contributed by atoms with Crippen LogP contribution in [0.15, 0.2) is 41.4 Å². The molecule has 1 aromatic rings. The molecule has 0 saturated heterocycles. The Kier molecular flexibility index (Phi) is 4.69. The molecule has 16 heavy (non-hydrogen) atoms. The van der Waals surface area contributed by atoms with E-state index in [9.17, 15) is 0 Å². The van der Waals surface area contributed by atoms with Crippen molar-refractivity contribution in [1.29, 1.82) is 0 Å². The second-order valence-corrected chi connectivity index (χ2v) is 7.29. The molecule has 0 aliphatic heterocycles. The summed E-state index contributed by atoms with van der Waals surface area (Å²) in [4.78, 5) is 0. The summed E-state index contributed by atoms with van der Waals surface area (Å²) in [6.07, 6.45) is 8.47. The third kappa shape index (κ3) is 3.81. The molecule has 0 heterocycles. The van der Waals surface area contributed by atoms with E-state index in [-0.39, 0.29) is 0 Å². The fourth-order valence-corrected chi connectivity index (χ4v) is 4.39. The second kappa shape index (κ2) is 6.27. The average Bonchev–Trinajstić information content (AvgIpc) is 2.31. The van der Waals surface area contributed by atoms with Crippen molar-refractivity contribution in [2.45, 2.75) is 38.5 Å². The van der Waals surface area contributed by atoms with Crippen molar-refractivity contribution in [3.8, 4) is 0 Å². The minimum atomic E-state index is 0.485. The number of hydrogen-bond donors (Lipinski definition) is 0. The van der Waals surface area contributed by atoms with Crippen LogP contribution in [0.2, 0.25) is 0 Å².